The van der Waals surface area contributed by atoms with Crippen LogP contribution < -0.4 is 11.2 Å². The molecule has 5 nitrogen and oxygen atoms in total. The van der Waals surface area contributed by atoms with Crippen molar-refractivity contribution >= 4 is 5.71 Å². The maximum Gasteiger partial charge on any atom is 0.209 e. The van der Waals surface area contributed by atoms with Crippen molar-refractivity contribution in [2.24, 2.45) is 16.6 Å². The predicted octanol–water partition coefficient (Wildman–Crippen LogP) is 2.46. The van der Waals surface area contributed by atoms with Crippen LogP contribution in [0.3, 0.4) is 0 Å². The van der Waals surface area contributed by atoms with E-state index in [2.05, 4.69) is 23.9 Å². The van der Waals surface area contributed by atoms with Gasteiger partial charge in [0.25, 0.3) is 0 Å². The van der Waals surface area contributed by atoms with Crippen LogP contribution in [-0.2, 0) is 0 Å². The van der Waals surface area contributed by atoms with Crippen molar-refractivity contribution in [1.82, 2.24) is 9.78 Å². The number of aryl methyl sites for hydroxylation is 1. The largest absolute Gasteiger partial charge is 0.405 e. The fourth-order valence-electron chi connectivity index (χ4n) is 2.08. The number of nitrogens with zero attached hydrogens (tertiary/aromatic N) is 3. The van der Waals surface area contributed by atoms with Crippen molar-refractivity contribution < 1.29 is 0 Å². The summed E-state index contributed by atoms with van der Waals surface area (Å²) < 4.78 is 1.68. The highest BCUT2D eigenvalue weighted by Gasteiger charge is 2.09. The highest BCUT2D eigenvalue weighted by Crippen LogP contribution is 2.08. The lowest BCUT2D eigenvalue weighted by Crippen LogP contribution is -2.21. The first-order valence-corrected chi connectivity index (χ1v) is 7.61. The van der Waals surface area contributed by atoms with Gasteiger partial charge in [0.05, 0.1) is 11.4 Å². The summed E-state index contributed by atoms with van der Waals surface area (Å²) in [5, 5.41) is 4.45. The summed E-state index contributed by atoms with van der Waals surface area (Å²) in [6.45, 7) is 6.76. The second-order valence-electron chi connectivity index (χ2n) is 5.79. The molecule has 2 aromatic rings. The van der Waals surface area contributed by atoms with E-state index >= 15 is 0 Å². The second-order valence-corrected chi connectivity index (χ2v) is 5.79. The third-order valence-electron chi connectivity index (χ3n) is 3.20. The van der Waals surface area contributed by atoms with Crippen molar-refractivity contribution in [2.45, 2.75) is 20.8 Å². The summed E-state index contributed by atoms with van der Waals surface area (Å²) in [4.78, 5) is 16.7. The number of nitrogens with two attached hydrogens (primary N) is 1. The number of hydrogen-bond acceptors (Lipinski definition) is 4. The third kappa shape index (κ3) is 4.39. The van der Waals surface area contributed by atoms with Crippen molar-refractivity contribution in [2.75, 3.05) is 6.54 Å². The molecule has 0 aliphatic rings. The maximum absolute atomic E-state index is 12.2. The average Bonchev–Trinajstić information content (AvgIpc) is 2.52. The molecule has 5 heteroatoms. The first-order chi connectivity index (χ1) is 11.0. The number of allylic oxidation sites excluding steroid dienone is 1. The molecular formula is C18H22N4O. The average molecular weight is 310 g/mol. The smallest absolute Gasteiger partial charge is 0.209 e. The van der Waals surface area contributed by atoms with Gasteiger partial charge in [0.1, 0.15) is 0 Å². The lowest BCUT2D eigenvalue weighted by Gasteiger charge is -2.09. The Morgan fingerprint density at radius 2 is 2.17 bits per heavy atom. The highest BCUT2D eigenvalue weighted by molar-refractivity contribution is 6.07. The molecule has 1 heterocycles. The van der Waals surface area contributed by atoms with Gasteiger partial charge in [0.2, 0.25) is 5.43 Å². The van der Waals surface area contributed by atoms with Gasteiger partial charge < -0.3 is 5.73 Å². The van der Waals surface area contributed by atoms with Crippen molar-refractivity contribution in [3.63, 3.8) is 0 Å². The molecule has 0 saturated carbocycles. The fraction of sp³-hybridized carbons (Fsp3) is 0.278. The standard InChI is InChI=1S/C18H22N4O/c1-13(2)12-20-16(7-9-19)18-17(23)8-10-22(21-18)15-6-4-5-14(3)11-15/h4-11,13H,12,19H2,1-3H3. The number of aliphatic imine (C=N–C) groups is 1. The quantitative estimate of drug-likeness (QED) is 0.862. The zero-order valence-corrected chi connectivity index (χ0v) is 13.7. The second kappa shape index (κ2) is 7.54. The summed E-state index contributed by atoms with van der Waals surface area (Å²) in [5.41, 5.74) is 8.15. The summed E-state index contributed by atoms with van der Waals surface area (Å²) in [5.74, 6) is 0.388. The Labute approximate surface area is 136 Å². The van der Waals surface area contributed by atoms with E-state index in [1.54, 1.807) is 17.0 Å². The molecule has 0 radical (unpaired) electrons. The normalized spacial score (nSPS) is 12.3. The lowest BCUT2D eigenvalue weighted by molar-refractivity contribution is 0.665. The zero-order valence-electron chi connectivity index (χ0n) is 13.7. The molecule has 2 rings (SSSR count). The van der Waals surface area contributed by atoms with Gasteiger partial charge in [-0.3, -0.25) is 9.79 Å². The molecule has 0 bridgehead atoms. The van der Waals surface area contributed by atoms with Gasteiger partial charge in [-0.1, -0.05) is 26.0 Å². The van der Waals surface area contributed by atoms with Crippen LogP contribution in [0.25, 0.3) is 5.69 Å². The molecule has 0 aliphatic heterocycles. The van der Waals surface area contributed by atoms with Crippen LogP contribution in [0.1, 0.15) is 25.1 Å². The monoisotopic (exact) mass is 310 g/mol. The van der Waals surface area contributed by atoms with E-state index in [4.69, 9.17) is 5.73 Å². The topological polar surface area (TPSA) is 73.3 Å². The van der Waals surface area contributed by atoms with E-state index in [0.29, 0.717) is 23.9 Å². The molecular weight excluding hydrogens is 288 g/mol. The Morgan fingerprint density at radius 3 is 2.83 bits per heavy atom. The number of rotatable bonds is 5. The molecule has 0 amide bonds. The van der Waals surface area contributed by atoms with Crippen LogP contribution in [0.2, 0.25) is 0 Å². The summed E-state index contributed by atoms with van der Waals surface area (Å²) in [6, 6.07) is 9.42. The molecule has 120 valence electrons. The SMILES string of the molecule is Cc1cccc(-n2ccc(=O)c(C(C=CN)=NCC(C)C)n2)c1. The molecule has 0 unspecified atom stereocenters. The first-order valence-electron chi connectivity index (χ1n) is 7.61. The Hall–Kier alpha value is -2.69. The van der Waals surface area contributed by atoms with Crippen LogP contribution in [0.15, 0.2) is 58.6 Å². The molecule has 0 atom stereocenters. The maximum atomic E-state index is 12.2. The van der Waals surface area contributed by atoms with Crippen LogP contribution >= 0.6 is 0 Å². The number of aromatic nitrogens is 2. The summed E-state index contributed by atoms with van der Waals surface area (Å²) in [7, 11) is 0. The minimum absolute atomic E-state index is 0.172. The van der Waals surface area contributed by atoms with Gasteiger partial charge in [0, 0.05) is 18.8 Å². The zero-order chi connectivity index (χ0) is 16.8. The van der Waals surface area contributed by atoms with Crippen LogP contribution in [0.5, 0.6) is 0 Å². The highest BCUT2D eigenvalue weighted by atomic mass is 16.1. The minimum atomic E-state index is -0.172. The number of hydrogen-bond donors (Lipinski definition) is 1. The van der Waals surface area contributed by atoms with Crippen molar-refractivity contribution in [3.05, 3.63) is 70.3 Å². The van der Waals surface area contributed by atoms with Crippen molar-refractivity contribution in [1.29, 1.82) is 0 Å². The molecule has 0 saturated heterocycles. The molecule has 1 aromatic carbocycles. The molecule has 23 heavy (non-hydrogen) atoms. The Kier molecular flexibility index (Phi) is 5.46. The van der Waals surface area contributed by atoms with Gasteiger partial charge >= 0.3 is 0 Å². The van der Waals surface area contributed by atoms with E-state index in [9.17, 15) is 4.79 Å². The van der Waals surface area contributed by atoms with Crippen LogP contribution in [-0.4, -0.2) is 22.0 Å². The Balaban J connectivity index is 2.51. The van der Waals surface area contributed by atoms with Crippen molar-refractivity contribution in [3.8, 4) is 5.69 Å². The lowest BCUT2D eigenvalue weighted by atomic mass is 10.2. The molecule has 1 aromatic heterocycles. The minimum Gasteiger partial charge on any atom is -0.405 e. The molecule has 0 spiro atoms. The Morgan fingerprint density at radius 1 is 1.39 bits per heavy atom. The van der Waals surface area contributed by atoms with E-state index < -0.39 is 0 Å². The third-order valence-corrected chi connectivity index (χ3v) is 3.20. The summed E-state index contributed by atoms with van der Waals surface area (Å²) in [6.07, 6.45) is 4.66. The predicted molar refractivity (Wildman–Crippen MR) is 94.1 cm³/mol. The Bertz CT molecular complexity index is 788. The summed E-state index contributed by atoms with van der Waals surface area (Å²) >= 11 is 0. The van der Waals surface area contributed by atoms with E-state index in [1.807, 2.05) is 31.2 Å². The van der Waals surface area contributed by atoms with Crippen LogP contribution in [0.4, 0.5) is 0 Å². The van der Waals surface area contributed by atoms with E-state index in [1.165, 1.54) is 12.3 Å². The van der Waals surface area contributed by atoms with Gasteiger partial charge in [0.15, 0.2) is 5.69 Å². The molecule has 2 N–H and O–H groups in total. The first kappa shape index (κ1) is 16.7. The van der Waals surface area contributed by atoms with Gasteiger partial charge in [-0.25, -0.2) is 4.68 Å². The number of benzene rings is 1. The molecule has 0 aliphatic carbocycles. The molecule has 0 fully saturated rings. The van der Waals surface area contributed by atoms with Crippen LogP contribution in [0, 0.1) is 12.8 Å². The van der Waals surface area contributed by atoms with Gasteiger partial charge in [-0.05, 0) is 42.8 Å². The van der Waals surface area contributed by atoms with E-state index in [-0.39, 0.29) is 5.43 Å². The van der Waals surface area contributed by atoms with E-state index in [0.717, 1.165) is 11.3 Å². The fourth-order valence-corrected chi connectivity index (χ4v) is 2.08. The van der Waals surface area contributed by atoms with Gasteiger partial charge in [-0.15, -0.1) is 0 Å². The van der Waals surface area contributed by atoms with Gasteiger partial charge in [-0.2, -0.15) is 5.10 Å².